The summed E-state index contributed by atoms with van der Waals surface area (Å²) >= 11 is 3.07. The van der Waals surface area contributed by atoms with E-state index in [0.29, 0.717) is 23.5 Å². The molecule has 0 amide bonds. The maximum absolute atomic E-state index is 9.56. The Morgan fingerprint density at radius 1 is 1.50 bits per heavy atom. The largest absolute Gasteiger partial charge is 0.461 e. The zero-order valence-corrected chi connectivity index (χ0v) is 9.40. The molecule has 0 aliphatic rings. The Morgan fingerprint density at radius 3 is 2.79 bits per heavy atom. The quantitative estimate of drug-likeness (QED) is 0.785. The lowest BCUT2D eigenvalue weighted by atomic mass is 10.2. The molecular weight excluding hydrogens is 252 g/mol. The van der Waals surface area contributed by atoms with E-state index in [-0.39, 0.29) is 0 Å². The van der Waals surface area contributed by atoms with Gasteiger partial charge in [-0.2, -0.15) is 0 Å². The van der Waals surface area contributed by atoms with Gasteiger partial charge in [-0.3, -0.25) is 0 Å². The topological polar surface area (TPSA) is 62.8 Å². The van der Waals surface area contributed by atoms with Gasteiger partial charge in [-0.05, 0) is 12.1 Å². The van der Waals surface area contributed by atoms with E-state index in [1.54, 1.807) is 19.2 Å². The standard InChI is InChI=1S/C9H13BrO4/c1-13-5-6-2-3-8(14-6)9(12)7(11)4-10/h2-3,7,9,11-12H,4-5H2,1H3. The number of methoxy groups -OCH3 is 1. The van der Waals surface area contributed by atoms with E-state index in [1.807, 2.05) is 0 Å². The average Bonchev–Trinajstić information content (AvgIpc) is 2.64. The maximum Gasteiger partial charge on any atom is 0.138 e. The Labute approximate surface area is 90.6 Å². The summed E-state index contributed by atoms with van der Waals surface area (Å²) < 4.78 is 10.1. The molecule has 0 fully saturated rings. The molecule has 2 N–H and O–H groups in total. The van der Waals surface area contributed by atoms with Crippen LogP contribution in [0.2, 0.25) is 0 Å². The number of alkyl halides is 1. The van der Waals surface area contributed by atoms with Crippen LogP contribution >= 0.6 is 15.9 Å². The number of hydrogen-bond donors (Lipinski definition) is 2. The molecule has 0 aromatic carbocycles. The molecule has 0 radical (unpaired) electrons. The molecule has 0 bridgehead atoms. The number of aliphatic hydroxyl groups excluding tert-OH is 2. The van der Waals surface area contributed by atoms with Gasteiger partial charge in [-0.1, -0.05) is 15.9 Å². The van der Waals surface area contributed by atoms with Gasteiger partial charge in [0.15, 0.2) is 0 Å². The van der Waals surface area contributed by atoms with Crippen molar-refractivity contribution < 1.29 is 19.4 Å². The lowest BCUT2D eigenvalue weighted by molar-refractivity contribution is 0.0184. The van der Waals surface area contributed by atoms with Crippen molar-refractivity contribution in [2.24, 2.45) is 0 Å². The second-order valence-electron chi connectivity index (χ2n) is 2.90. The van der Waals surface area contributed by atoms with Crippen LogP contribution in [0.25, 0.3) is 0 Å². The highest BCUT2D eigenvalue weighted by molar-refractivity contribution is 9.09. The average molecular weight is 265 g/mol. The predicted molar refractivity (Wildman–Crippen MR) is 54.2 cm³/mol. The summed E-state index contributed by atoms with van der Waals surface area (Å²) in [5, 5.41) is 19.2. The molecule has 0 spiro atoms. The Hall–Kier alpha value is -0.360. The molecule has 80 valence electrons. The van der Waals surface area contributed by atoms with Gasteiger partial charge >= 0.3 is 0 Å². The first-order valence-corrected chi connectivity index (χ1v) is 5.30. The predicted octanol–water partition coefficient (Wildman–Crippen LogP) is 1.22. The Kier molecular flexibility index (Phi) is 4.60. The second kappa shape index (κ2) is 5.50. The molecule has 4 nitrogen and oxygen atoms in total. The van der Waals surface area contributed by atoms with Crippen molar-refractivity contribution in [3.8, 4) is 0 Å². The van der Waals surface area contributed by atoms with E-state index < -0.39 is 12.2 Å². The Balaban J connectivity index is 2.65. The lowest BCUT2D eigenvalue weighted by Crippen LogP contribution is -2.18. The van der Waals surface area contributed by atoms with Gasteiger partial charge in [0.1, 0.15) is 24.2 Å². The molecule has 0 aliphatic carbocycles. The molecule has 5 heteroatoms. The number of rotatable bonds is 5. The van der Waals surface area contributed by atoms with Crippen LogP contribution in [0.3, 0.4) is 0 Å². The van der Waals surface area contributed by atoms with Crippen LogP contribution in [-0.4, -0.2) is 28.8 Å². The number of furan rings is 1. The van der Waals surface area contributed by atoms with Crippen molar-refractivity contribution in [2.75, 3.05) is 12.4 Å². The molecule has 1 heterocycles. The third-order valence-corrected chi connectivity index (χ3v) is 2.45. The minimum Gasteiger partial charge on any atom is -0.461 e. The fourth-order valence-electron chi connectivity index (χ4n) is 1.05. The number of halogens is 1. The third kappa shape index (κ3) is 2.81. The van der Waals surface area contributed by atoms with E-state index in [9.17, 15) is 10.2 Å². The molecule has 2 unspecified atom stereocenters. The van der Waals surface area contributed by atoms with Crippen LogP contribution in [0, 0.1) is 0 Å². The molecule has 0 saturated carbocycles. The molecule has 0 saturated heterocycles. The monoisotopic (exact) mass is 264 g/mol. The molecule has 0 aliphatic heterocycles. The third-order valence-electron chi connectivity index (χ3n) is 1.78. The van der Waals surface area contributed by atoms with Crippen LogP contribution in [0.1, 0.15) is 17.6 Å². The van der Waals surface area contributed by atoms with Crippen LogP contribution in [-0.2, 0) is 11.3 Å². The summed E-state index contributed by atoms with van der Waals surface area (Å²) in [5.74, 6) is 0.979. The van der Waals surface area contributed by atoms with Gasteiger partial charge in [0.05, 0.1) is 6.10 Å². The van der Waals surface area contributed by atoms with Crippen molar-refractivity contribution in [3.05, 3.63) is 23.7 Å². The van der Waals surface area contributed by atoms with Crippen molar-refractivity contribution in [2.45, 2.75) is 18.8 Å². The molecule has 1 aromatic rings. The minimum atomic E-state index is -1.00. The summed E-state index contributed by atoms with van der Waals surface area (Å²) in [6, 6.07) is 3.34. The zero-order valence-electron chi connectivity index (χ0n) is 7.81. The number of aliphatic hydroxyl groups is 2. The van der Waals surface area contributed by atoms with Crippen LogP contribution in [0.5, 0.6) is 0 Å². The maximum atomic E-state index is 9.56. The summed E-state index contributed by atoms with van der Waals surface area (Å²) in [5.41, 5.74) is 0. The zero-order chi connectivity index (χ0) is 10.6. The van der Waals surface area contributed by atoms with E-state index in [1.165, 1.54) is 0 Å². The van der Waals surface area contributed by atoms with Crippen LogP contribution in [0.4, 0.5) is 0 Å². The van der Waals surface area contributed by atoms with Crippen LogP contribution in [0.15, 0.2) is 16.5 Å². The first-order chi connectivity index (χ1) is 6.69. The highest BCUT2D eigenvalue weighted by atomic mass is 79.9. The van der Waals surface area contributed by atoms with E-state index in [0.717, 1.165) is 0 Å². The highest BCUT2D eigenvalue weighted by Crippen LogP contribution is 2.21. The normalized spacial score (nSPS) is 15.4. The summed E-state index contributed by atoms with van der Waals surface area (Å²) in [6.07, 6.45) is -1.86. The smallest absolute Gasteiger partial charge is 0.138 e. The van der Waals surface area contributed by atoms with Crippen molar-refractivity contribution in [3.63, 3.8) is 0 Å². The molecule has 1 rings (SSSR count). The first-order valence-electron chi connectivity index (χ1n) is 4.18. The summed E-state index contributed by atoms with van der Waals surface area (Å²) in [6.45, 7) is 0.358. The Bertz CT molecular complexity index is 274. The summed E-state index contributed by atoms with van der Waals surface area (Å²) in [7, 11) is 1.56. The van der Waals surface area contributed by atoms with Gasteiger partial charge < -0.3 is 19.4 Å². The summed E-state index contributed by atoms with van der Waals surface area (Å²) in [4.78, 5) is 0. The number of ether oxygens (including phenoxy) is 1. The van der Waals surface area contributed by atoms with Gasteiger partial charge in [0.2, 0.25) is 0 Å². The van der Waals surface area contributed by atoms with Gasteiger partial charge in [-0.25, -0.2) is 0 Å². The molecule has 14 heavy (non-hydrogen) atoms. The van der Waals surface area contributed by atoms with Crippen molar-refractivity contribution >= 4 is 15.9 Å². The fraction of sp³-hybridized carbons (Fsp3) is 0.556. The first kappa shape index (κ1) is 11.7. The second-order valence-corrected chi connectivity index (χ2v) is 3.55. The molecular formula is C9H13BrO4. The Morgan fingerprint density at radius 2 is 2.21 bits per heavy atom. The highest BCUT2D eigenvalue weighted by Gasteiger charge is 2.20. The molecule has 1 aromatic heterocycles. The van der Waals surface area contributed by atoms with Gasteiger partial charge in [0, 0.05) is 12.4 Å². The number of hydrogen-bond acceptors (Lipinski definition) is 4. The van der Waals surface area contributed by atoms with Crippen molar-refractivity contribution in [1.82, 2.24) is 0 Å². The SMILES string of the molecule is COCc1ccc(C(O)C(O)CBr)o1. The van der Waals surface area contributed by atoms with E-state index >= 15 is 0 Å². The van der Waals surface area contributed by atoms with Crippen molar-refractivity contribution in [1.29, 1.82) is 0 Å². The van der Waals surface area contributed by atoms with E-state index in [4.69, 9.17) is 9.15 Å². The minimum absolute atomic E-state index is 0.300. The lowest BCUT2D eigenvalue weighted by Gasteiger charge is -2.12. The fourth-order valence-corrected chi connectivity index (χ4v) is 1.40. The van der Waals surface area contributed by atoms with E-state index in [2.05, 4.69) is 15.9 Å². The van der Waals surface area contributed by atoms with Crippen LogP contribution < -0.4 is 0 Å². The van der Waals surface area contributed by atoms with Gasteiger partial charge in [-0.15, -0.1) is 0 Å². The van der Waals surface area contributed by atoms with Gasteiger partial charge in [0.25, 0.3) is 0 Å². The molecule has 2 atom stereocenters.